The first-order chi connectivity index (χ1) is 14.0. The zero-order chi connectivity index (χ0) is 20.8. The van der Waals surface area contributed by atoms with Gasteiger partial charge in [0.2, 0.25) is 0 Å². The molecule has 0 saturated heterocycles. The lowest BCUT2D eigenvalue weighted by molar-refractivity contribution is -0.110. The summed E-state index contributed by atoms with van der Waals surface area (Å²) in [6, 6.07) is 14.9. The van der Waals surface area contributed by atoms with Crippen LogP contribution < -0.4 is 5.32 Å². The average Bonchev–Trinajstić information content (AvgIpc) is 3.06. The second-order valence-electron chi connectivity index (χ2n) is 6.88. The van der Waals surface area contributed by atoms with Gasteiger partial charge in [-0.15, -0.1) is 0 Å². The summed E-state index contributed by atoms with van der Waals surface area (Å²) in [4.78, 5) is 12.6. The Hall–Kier alpha value is -3.35. The third kappa shape index (κ3) is 4.56. The quantitative estimate of drug-likeness (QED) is 0.421. The van der Waals surface area contributed by atoms with E-state index in [9.17, 15) is 9.90 Å². The van der Waals surface area contributed by atoms with Crippen LogP contribution in [-0.4, -0.2) is 11.0 Å². The highest BCUT2D eigenvalue weighted by atomic mass is 16.3. The van der Waals surface area contributed by atoms with Gasteiger partial charge in [0.15, 0.2) is 0 Å². The van der Waals surface area contributed by atoms with Gasteiger partial charge in [0.1, 0.15) is 6.10 Å². The summed E-state index contributed by atoms with van der Waals surface area (Å²) in [5, 5.41) is 13.3. The molecule has 1 atom stereocenters. The van der Waals surface area contributed by atoms with Gasteiger partial charge in [-0.2, -0.15) is 0 Å². The number of benzene rings is 2. The van der Waals surface area contributed by atoms with Crippen molar-refractivity contribution < 1.29 is 9.90 Å². The van der Waals surface area contributed by atoms with Crippen molar-refractivity contribution in [2.75, 3.05) is 5.32 Å². The van der Waals surface area contributed by atoms with Gasteiger partial charge >= 0.3 is 0 Å². The summed E-state index contributed by atoms with van der Waals surface area (Å²) in [6.07, 6.45) is 6.01. The van der Waals surface area contributed by atoms with Crippen molar-refractivity contribution in [2.45, 2.75) is 33.3 Å². The van der Waals surface area contributed by atoms with Crippen molar-refractivity contribution >= 4 is 17.2 Å². The molecular formula is C26H25NO2. The Bertz CT molecular complexity index is 1060. The van der Waals surface area contributed by atoms with Crippen LogP contribution in [0.25, 0.3) is 5.57 Å². The molecule has 0 saturated carbocycles. The molecule has 2 N–H and O–H groups in total. The normalized spacial score (nSPS) is 16.1. The number of rotatable bonds is 4. The second kappa shape index (κ2) is 9.23. The molecule has 0 spiro atoms. The van der Waals surface area contributed by atoms with E-state index in [-0.39, 0.29) is 5.91 Å². The molecule has 1 aliphatic heterocycles. The minimum atomic E-state index is -0.882. The number of aliphatic hydroxyl groups excluding tert-OH is 1. The molecule has 146 valence electrons. The van der Waals surface area contributed by atoms with Crippen LogP contribution in [0.1, 0.15) is 50.0 Å². The molecule has 0 radical (unpaired) electrons. The van der Waals surface area contributed by atoms with E-state index in [1.807, 2.05) is 74.5 Å². The number of carbonyl (C=O) groups excluding carboxylic acids is 1. The molecule has 0 aliphatic carbocycles. The number of amides is 1. The lowest BCUT2D eigenvalue weighted by Crippen LogP contribution is -2.04. The first-order valence-corrected chi connectivity index (χ1v) is 9.78. The van der Waals surface area contributed by atoms with Crippen LogP contribution in [-0.2, 0) is 4.79 Å². The molecule has 1 unspecified atom stereocenters. The number of carbonyl (C=O) groups is 1. The van der Waals surface area contributed by atoms with Crippen LogP contribution in [0, 0.1) is 11.8 Å². The van der Waals surface area contributed by atoms with Gasteiger partial charge < -0.3 is 10.4 Å². The SMILES string of the molecule is C\C=C/C(CC)=C(C)/C=C1\C(=O)Nc2cccc(C#CC(O)c3ccccc3)c21. The monoisotopic (exact) mass is 383 g/mol. The van der Waals surface area contributed by atoms with Crippen LogP contribution in [0.2, 0.25) is 0 Å². The van der Waals surface area contributed by atoms with E-state index in [2.05, 4.69) is 30.2 Å². The van der Waals surface area contributed by atoms with Gasteiger partial charge in [-0.25, -0.2) is 0 Å². The highest BCUT2D eigenvalue weighted by Crippen LogP contribution is 2.35. The first kappa shape index (κ1) is 20.4. The Morgan fingerprint density at radius 3 is 2.62 bits per heavy atom. The Kier molecular flexibility index (Phi) is 6.49. The second-order valence-corrected chi connectivity index (χ2v) is 6.88. The number of hydrogen-bond acceptors (Lipinski definition) is 2. The molecule has 2 aromatic rings. The lowest BCUT2D eigenvalue weighted by Gasteiger charge is -2.06. The fourth-order valence-corrected chi connectivity index (χ4v) is 3.40. The largest absolute Gasteiger partial charge is 0.376 e. The Balaban J connectivity index is 2.04. The number of nitrogens with one attached hydrogen (secondary N) is 1. The van der Waals surface area contributed by atoms with E-state index >= 15 is 0 Å². The van der Waals surface area contributed by atoms with Crippen LogP contribution in [0.4, 0.5) is 5.69 Å². The van der Waals surface area contributed by atoms with Crippen molar-refractivity contribution in [1.29, 1.82) is 0 Å². The fourth-order valence-electron chi connectivity index (χ4n) is 3.40. The summed E-state index contributed by atoms with van der Waals surface area (Å²) in [6.45, 7) is 6.10. The summed E-state index contributed by atoms with van der Waals surface area (Å²) in [7, 11) is 0. The molecule has 2 aromatic carbocycles. The Labute approximate surface area is 172 Å². The van der Waals surface area contributed by atoms with Gasteiger partial charge in [-0.3, -0.25) is 4.79 Å². The summed E-state index contributed by atoms with van der Waals surface area (Å²) in [5.41, 5.74) is 5.85. The lowest BCUT2D eigenvalue weighted by atomic mass is 9.96. The van der Waals surface area contributed by atoms with Crippen molar-refractivity contribution in [3.05, 3.63) is 94.6 Å². The molecular weight excluding hydrogens is 358 g/mol. The minimum absolute atomic E-state index is 0.131. The zero-order valence-electron chi connectivity index (χ0n) is 17.0. The van der Waals surface area contributed by atoms with Gasteiger partial charge in [-0.1, -0.05) is 67.3 Å². The van der Waals surface area contributed by atoms with Crippen LogP contribution >= 0.6 is 0 Å². The summed E-state index contributed by atoms with van der Waals surface area (Å²) >= 11 is 0. The maximum absolute atomic E-state index is 12.6. The minimum Gasteiger partial charge on any atom is -0.376 e. The van der Waals surface area contributed by atoms with Crippen LogP contribution in [0.5, 0.6) is 0 Å². The highest BCUT2D eigenvalue weighted by Gasteiger charge is 2.26. The van der Waals surface area contributed by atoms with E-state index in [0.29, 0.717) is 5.57 Å². The molecule has 3 nitrogen and oxygen atoms in total. The van der Waals surface area contributed by atoms with Gasteiger partial charge in [0.25, 0.3) is 5.91 Å². The van der Waals surface area contributed by atoms with Crippen molar-refractivity contribution in [3.63, 3.8) is 0 Å². The Morgan fingerprint density at radius 1 is 1.17 bits per heavy atom. The zero-order valence-corrected chi connectivity index (χ0v) is 17.0. The summed E-state index contributed by atoms with van der Waals surface area (Å²) in [5.74, 6) is 5.84. The van der Waals surface area contributed by atoms with Gasteiger partial charge in [0.05, 0.1) is 11.3 Å². The maximum Gasteiger partial charge on any atom is 0.256 e. The van der Waals surface area contributed by atoms with E-state index in [1.165, 1.54) is 5.57 Å². The highest BCUT2D eigenvalue weighted by molar-refractivity contribution is 6.32. The van der Waals surface area contributed by atoms with E-state index < -0.39 is 6.10 Å². The van der Waals surface area contributed by atoms with Gasteiger partial charge in [0, 0.05) is 11.1 Å². The first-order valence-electron chi connectivity index (χ1n) is 9.78. The smallest absolute Gasteiger partial charge is 0.256 e. The molecule has 0 fully saturated rings. The standard InChI is InChI=1S/C26H25NO2/c1-4-10-19(5-2)18(3)17-22-25-21(13-9-14-23(25)27-26(22)29)15-16-24(28)20-11-7-6-8-12-20/h4,6-14,17,24,28H,5H2,1-3H3,(H,27,29)/b10-4-,19-18+,22-17-. The maximum atomic E-state index is 12.6. The van der Waals surface area contributed by atoms with Crippen LogP contribution in [0.3, 0.4) is 0 Å². The molecule has 0 aromatic heterocycles. The van der Waals surface area contributed by atoms with Crippen LogP contribution in [0.15, 0.2) is 77.9 Å². The van der Waals surface area contributed by atoms with Crippen molar-refractivity contribution in [3.8, 4) is 11.8 Å². The molecule has 29 heavy (non-hydrogen) atoms. The number of hydrogen-bond donors (Lipinski definition) is 2. The van der Waals surface area contributed by atoms with Crippen molar-refractivity contribution in [2.24, 2.45) is 0 Å². The molecule has 3 rings (SSSR count). The number of aliphatic hydroxyl groups is 1. The fraction of sp³-hybridized carbons (Fsp3) is 0.192. The van der Waals surface area contributed by atoms with Crippen molar-refractivity contribution in [1.82, 2.24) is 0 Å². The molecule has 1 heterocycles. The predicted molar refractivity (Wildman–Crippen MR) is 119 cm³/mol. The number of anilines is 1. The molecule has 3 heteroatoms. The van der Waals surface area contributed by atoms with E-state index in [4.69, 9.17) is 0 Å². The van der Waals surface area contributed by atoms with Gasteiger partial charge in [-0.05, 0) is 55.2 Å². The topological polar surface area (TPSA) is 49.3 Å². The number of allylic oxidation sites excluding steroid dienone is 5. The predicted octanol–water partition coefficient (Wildman–Crippen LogP) is 5.41. The third-order valence-electron chi connectivity index (χ3n) is 4.90. The summed E-state index contributed by atoms with van der Waals surface area (Å²) < 4.78 is 0. The molecule has 1 aliphatic rings. The average molecular weight is 383 g/mol. The molecule has 1 amide bonds. The Morgan fingerprint density at radius 2 is 1.93 bits per heavy atom. The van der Waals surface area contributed by atoms with E-state index in [0.717, 1.165) is 34.4 Å². The third-order valence-corrected chi connectivity index (χ3v) is 4.90. The molecule has 0 bridgehead atoms. The van der Waals surface area contributed by atoms with E-state index in [1.54, 1.807) is 0 Å². The number of fused-ring (bicyclic) bond motifs is 1.